The smallest absolute Gasteiger partial charge is 0.247 e. The predicted molar refractivity (Wildman–Crippen MR) is 140 cm³/mol. The SMILES string of the molecule is CCCC(C)N1CC=C[C@]23S[C@H]4C=CCN(Cc5ccccc5)C(=O)[C@H]4[C@H]2C(=O)N(CCO)C3C1=O. The predicted octanol–water partition coefficient (Wildman–Crippen LogP) is 2.46. The third-order valence-electron chi connectivity index (χ3n) is 8.07. The number of amides is 3. The second-order valence-corrected chi connectivity index (χ2v) is 11.7. The van der Waals surface area contributed by atoms with E-state index in [9.17, 15) is 19.5 Å². The summed E-state index contributed by atoms with van der Waals surface area (Å²) >= 11 is 1.59. The van der Waals surface area contributed by atoms with Gasteiger partial charge in [-0.25, -0.2) is 0 Å². The third-order valence-corrected chi connectivity index (χ3v) is 9.81. The minimum atomic E-state index is -0.824. The molecule has 3 amide bonds. The van der Waals surface area contributed by atoms with E-state index in [1.165, 1.54) is 0 Å². The number of nitrogens with zero attached hydrogens (tertiary/aromatic N) is 3. The summed E-state index contributed by atoms with van der Waals surface area (Å²) in [5.41, 5.74) is 1.04. The molecular weight excluding hydrogens is 474 g/mol. The summed E-state index contributed by atoms with van der Waals surface area (Å²) in [5.74, 6) is -1.50. The Morgan fingerprint density at radius 2 is 1.86 bits per heavy atom. The minimum Gasteiger partial charge on any atom is -0.395 e. The van der Waals surface area contributed by atoms with Crippen LogP contribution in [0.15, 0.2) is 54.6 Å². The van der Waals surface area contributed by atoms with Crippen molar-refractivity contribution in [2.75, 3.05) is 26.2 Å². The highest BCUT2D eigenvalue weighted by atomic mass is 32.2. The number of likely N-dealkylation sites (tertiary alicyclic amines) is 1. The van der Waals surface area contributed by atoms with E-state index in [0.717, 1.165) is 18.4 Å². The third kappa shape index (κ3) is 3.98. The van der Waals surface area contributed by atoms with Crippen LogP contribution in [0, 0.1) is 11.8 Å². The van der Waals surface area contributed by atoms with Crippen LogP contribution in [0.5, 0.6) is 0 Å². The second kappa shape index (κ2) is 10.1. The number of rotatable bonds is 7. The van der Waals surface area contributed by atoms with E-state index < -0.39 is 22.6 Å². The molecule has 2 fully saturated rings. The van der Waals surface area contributed by atoms with Crippen LogP contribution < -0.4 is 0 Å². The average Bonchev–Trinajstić information content (AvgIpc) is 3.17. The number of β-amino-alcohol motifs (C(OH)–C–C–N with tert-alkyl or cyclic N) is 1. The molecule has 4 heterocycles. The summed E-state index contributed by atoms with van der Waals surface area (Å²) in [7, 11) is 0. The maximum Gasteiger partial charge on any atom is 0.247 e. The minimum absolute atomic E-state index is 0.0394. The Morgan fingerprint density at radius 1 is 1.08 bits per heavy atom. The van der Waals surface area contributed by atoms with Crippen LogP contribution >= 0.6 is 11.8 Å². The average molecular weight is 510 g/mol. The molecule has 0 radical (unpaired) electrons. The molecule has 0 aliphatic carbocycles. The lowest BCUT2D eigenvalue weighted by molar-refractivity contribution is -0.145. The fourth-order valence-electron chi connectivity index (χ4n) is 6.47. The van der Waals surface area contributed by atoms with E-state index in [4.69, 9.17) is 0 Å². The van der Waals surface area contributed by atoms with Gasteiger partial charge >= 0.3 is 0 Å². The molecule has 0 aromatic heterocycles. The van der Waals surface area contributed by atoms with Crippen molar-refractivity contribution in [2.45, 2.75) is 55.3 Å². The summed E-state index contributed by atoms with van der Waals surface area (Å²) in [4.78, 5) is 47.3. The molecule has 0 bridgehead atoms. The summed E-state index contributed by atoms with van der Waals surface area (Å²) in [6, 6.07) is 9.21. The van der Waals surface area contributed by atoms with Gasteiger partial charge in [0, 0.05) is 37.5 Å². The van der Waals surface area contributed by atoms with E-state index in [0.29, 0.717) is 19.6 Å². The lowest BCUT2D eigenvalue weighted by atomic mass is 9.78. The molecule has 8 heteroatoms. The van der Waals surface area contributed by atoms with Crippen LogP contribution in [-0.2, 0) is 20.9 Å². The first-order valence-electron chi connectivity index (χ1n) is 13.0. The quantitative estimate of drug-likeness (QED) is 0.571. The number of carbonyl (C=O) groups is 3. The molecule has 7 nitrogen and oxygen atoms in total. The molecule has 5 rings (SSSR count). The maximum atomic E-state index is 14.1. The van der Waals surface area contributed by atoms with Gasteiger partial charge in [-0.05, 0) is 18.9 Å². The molecule has 4 aliphatic rings. The molecule has 1 aromatic rings. The van der Waals surface area contributed by atoms with E-state index in [1.54, 1.807) is 16.7 Å². The van der Waals surface area contributed by atoms with Gasteiger partial charge in [0.1, 0.15) is 6.04 Å². The Labute approximate surface area is 217 Å². The molecule has 0 saturated carbocycles. The Bertz CT molecular complexity index is 1080. The van der Waals surface area contributed by atoms with E-state index in [1.807, 2.05) is 58.4 Å². The van der Waals surface area contributed by atoms with Crippen molar-refractivity contribution < 1.29 is 19.5 Å². The summed E-state index contributed by atoms with van der Waals surface area (Å²) < 4.78 is -0.824. The zero-order chi connectivity index (χ0) is 25.4. The first-order chi connectivity index (χ1) is 17.4. The molecule has 192 valence electrons. The van der Waals surface area contributed by atoms with Gasteiger partial charge in [-0.1, -0.05) is 68.0 Å². The molecular formula is C28H35N3O4S. The number of aliphatic hydroxyl groups excluding tert-OH is 1. The van der Waals surface area contributed by atoms with Crippen molar-refractivity contribution in [1.82, 2.24) is 14.7 Å². The van der Waals surface area contributed by atoms with Crippen LogP contribution in [0.25, 0.3) is 0 Å². The lowest BCUT2D eigenvalue weighted by Crippen LogP contribution is -2.55. The number of aliphatic hydroxyl groups is 1. The van der Waals surface area contributed by atoms with Crippen LogP contribution in [-0.4, -0.2) is 85.8 Å². The Morgan fingerprint density at radius 3 is 2.58 bits per heavy atom. The highest BCUT2D eigenvalue weighted by Gasteiger charge is 2.71. The number of thioether (sulfide) groups is 1. The molecule has 36 heavy (non-hydrogen) atoms. The van der Waals surface area contributed by atoms with Gasteiger partial charge in [-0.2, -0.15) is 0 Å². The number of benzene rings is 1. The number of fused-ring (bicyclic) bond motifs is 2. The van der Waals surface area contributed by atoms with Crippen molar-refractivity contribution in [2.24, 2.45) is 11.8 Å². The van der Waals surface area contributed by atoms with Crippen molar-refractivity contribution in [3.63, 3.8) is 0 Å². The van der Waals surface area contributed by atoms with Crippen LogP contribution in [0.3, 0.4) is 0 Å². The van der Waals surface area contributed by atoms with Crippen LogP contribution in [0.4, 0.5) is 0 Å². The van der Waals surface area contributed by atoms with E-state index >= 15 is 0 Å². The fraction of sp³-hybridized carbons (Fsp3) is 0.536. The standard InChI is InChI=1S/C28H35N3O4S/c1-3-9-19(2)30-15-8-13-28-23(26(34)31(16-17-32)24(28)27(30)35)22-21(36-28)12-7-14-29(25(22)33)18-20-10-5-4-6-11-20/h4-8,10-13,19,21-24,32H,3,9,14-18H2,1-2H3/t19?,21-,22+,23-,24?,28-/m0/s1. The Kier molecular flexibility index (Phi) is 7.01. The fourth-order valence-corrected chi connectivity index (χ4v) is 8.48. The first kappa shape index (κ1) is 25.1. The topological polar surface area (TPSA) is 81.2 Å². The monoisotopic (exact) mass is 509 g/mol. The normalized spacial score (nSPS) is 32.3. The van der Waals surface area contributed by atoms with Crippen molar-refractivity contribution in [3.8, 4) is 0 Å². The molecule has 6 atom stereocenters. The molecule has 4 aliphatic heterocycles. The van der Waals surface area contributed by atoms with Gasteiger partial charge in [0.2, 0.25) is 17.7 Å². The van der Waals surface area contributed by atoms with Gasteiger partial charge in [-0.15, -0.1) is 11.8 Å². The number of hydrogen-bond donors (Lipinski definition) is 1. The summed E-state index contributed by atoms with van der Waals surface area (Å²) in [6.07, 6.45) is 9.98. The largest absolute Gasteiger partial charge is 0.395 e. The second-order valence-electron chi connectivity index (χ2n) is 10.3. The van der Waals surface area contributed by atoms with Crippen LogP contribution in [0.2, 0.25) is 0 Å². The molecule has 2 unspecified atom stereocenters. The highest BCUT2D eigenvalue weighted by Crippen LogP contribution is 2.61. The number of hydrogen-bond acceptors (Lipinski definition) is 5. The van der Waals surface area contributed by atoms with Crippen molar-refractivity contribution in [1.29, 1.82) is 0 Å². The molecule has 1 N–H and O–H groups in total. The lowest BCUT2D eigenvalue weighted by Gasteiger charge is -2.37. The van der Waals surface area contributed by atoms with Gasteiger partial charge in [0.15, 0.2) is 0 Å². The Hall–Kier alpha value is -2.58. The maximum absolute atomic E-state index is 14.1. The zero-order valence-corrected chi connectivity index (χ0v) is 21.8. The molecule has 2 saturated heterocycles. The molecule has 1 aromatic carbocycles. The van der Waals surface area contributed by atoms with Gasteiger partial charge < -0.3 is 19.8 Å². The van der Waals surface area contributed by atoms with Gasteiger partial charge in [0.05, 0.1) is 23.2 Å². The zero-order valence-electron chi connectivity index (χ0n) is 21.0. The number of carbonyl (C=O) groups excluding carboxylic acids is 3. The summed E-state index contributed by atoms with van der Waals surface area (Å²) in [6.45, 7) is 5.49. The van der Waals surface area contributed by atoms with Crippen molar-refractivity contribution >= 4 is 29.5 Å². The summed E-state index contributed by atoms with van der Waals surface area (Å²) in [5, 5.41) is 9.64. The molecule has 1 spiro atoms. The van der Waals surface area contributed by atoms with E-state index in [-0.39, 0.29) is 42.2 Å². The Balaban J connectivity index is 1.53. The van der Waals surface area contributed by atoms with Crippen molar-refractivity contribution in [3.05, 3.63) is 60.2 Å². The van der Waals surface area contributed by atoms with Crippen LogP contribution in [0.1, 0.15) is 32.3 Å². The highest BCUT2D eigenvalue weighted by molar-refractivity contribution is 8.02. The first-order valence-corrected chi connectivity index (χ1v) is 13.9. The van der Waals surface area contributed by atoms with E-state index in [2.05, 4.69) is 19.9 Å². The van der Waals surface area contributed by atoms with Gasteiger partial charge in [0.25, 0.3) is 0 Å². The van der Waals surface area contributed by atoms with Gasteiger partial charge in [-0.3, -0.25) is 14.4 Å².